The maximum absolute atomic E-state index is 10.7. The molecule has 0 fully saturated rings. The van der Waals surface area contributed by atoms with Crippen LogP contribution in [0.25, 0.3) is 0 Å². The molecule has 1 rings (SSSR count). The van der Waals surface area contributed by atoms with Gasteiger partial charge in [-0.05, 0) is 30.3 Å². The molecular weight excluding hydrogens is 285 g/mol. The standard InChI is InChI=1S/C10H18O.CHF3O3S/c1-10(2,3)8-4-6-9(11)7-5-8;2-1(3,4)8(5,6)7/h6,8,11H,4-5,7H2,1-3H3;(H,5,6,7). The molecule has 1 atom stereocenters. The molecule has 19 heavy (non-hydrogen) atoms. The van der Waals surface area contributed by atoms with Gasteiger partial charge in [0.25, 0.3) is 0 Å². The summed E-state index contributed by atoms with van der Waals surface area (Å²) in [5.41, 5.74) is -5.13. The summed E-state index contributed by atoms with van der Waals surface area (Å²) in [6.45, 7) is 6.82. The lowest BCUT2D eigenvalue weighted by Crippen LogP contribution is -2.22. The van der Waals surface area contributed by atoms with Crippen LogP contribution in [0.2, 0.25) is 0 Å². The highest BCUT2D eigenvalue weighted by molar-refractivity contribution is 7.86. The first-order chi connectivity index (χ1) is 8.25. The van der Waals surface area contributed by atoms with Crippen molar-refractivity contribution in [3.05, 3.63) is 11.8 Å². The minimum absolute atomic E-state index is 0.400. The monoisotopic (exact) mass is 304 g/mol. The Morgan fingerprint density at radius 1 is 1.26 bits per heavy atom. The van der Waals surface area contributed by atoms with E-state index in [4.69, 9.17) is 18.1 Å². The second kappa shape index (κ2) is 6.13. The molecule has 0 spiro atoms. The number of rotatable bonds is 0. The topological polar surface area (TPSA) is 74.6 Å². The van der Waals surface area contributed by atoms with Crippen molar-refractivity contribution in [1.29, 1.82) is 0 Å². The highest BCUT2D eigenvalue weighted by atomic mass is 32.2. The SMILES string of the molecule is CC(C)(C)C1CC=C(O)CC1.O=S(=O)(O)C(F)(F)F. The lowest BCUT2D eigenvalue weighted by atomic mass is 9.74. The van der Waals surface area contributed by atoms with Gasteiger partial charge in [-0.25, -0.2) is 0 Å². The first-order valence-electron chi connectivity index (χ1n) is 5.67. The summed E-state index contributed by atoms with van der Waals surface area (Å²) in [4.78, 5) is 0. The molecule has 0 amide bonds. The molecule has 4 nitrogen and oxygen atoms in total. The Bertz CT molecular complexity index is 418. The van der Waals surface area contributed by atoms with Crippen LogP contribution in [0.3, 0.4) is 0 Å². The number of aliphatic hydroxyl groups excluding tert-OH is 1. The fourth-order valence-electron chi connectivity index (χ4n) is 1.61. The minimum Gasteiger partial charge on any atom is -0.513 e. The van der Waals surface area contributed by atoms with Crippen LogP contribution in [0.5, 0.6) is 0 Å². The number of alkyl halides is 3. The predicted octanol–water partition coefficient (Wildman–Crippen LogP) is 3.67. The first-order valence-corrected chi connectivity index (χ1v) is 7.11. The van der Waals surface area contributed by atoms with Gasteiger partial charge in [0, 0.05) is 6.42 Å². The van der Waals surface area contributed by atoms with Gasteiger partial charge in [-0.15, -0.1) is 0 Å². The van der Waals surface area contributed by atoms with Gasteiger partial charge >= 0.3 is 15.6 Å². The molecule has 0 saturated heterocycles. The van der Waals surface area contributed by atoms with Crippen molar-refractivity contribution in [2.24, 2.45) is 11.3 Å². The third-order valence-electron chi connectivity index (χ3n) is 2.90. The molecule has 0 aromatic carbocycles. The van der Waals surface area contributed by atoms with Crippen LogP contribution in [0.15, 0.2) is 11.8 Å². The molecule has 0 heterocycles. The van der Waals surface area contributed by atoms with E-state index in [2.05, 4.69) is 20.8 Å². The quantitative estimate of drug-likeness (QED) is 0.529. The van der Waals surface area contributed by atoms with E-state index in [1.165, 1.54) is 0 Å². The molecule has 0 bridgehead atoms. The molecule has 0 aromatic rings. The normalized spacial score (nSPS) is 21.2. The third kappa shape index (κ3) is 6.81. The summed E-state index contributed by atoms with van der Waals surface area (Å²) in [6, 6.07) is 0. The third-order valence-corrected chi connectivity index (χ3v) is 3.49. The molecule has 0 aliphatic heterocycles. The lowest BCUT2D eigenvalue weighted by Gasteiger charge is -2.32. The second-order valence-corrected chi connectivity index (χ2v) is 6.87. The Balaban J connectivity index is 0.000000362. The molecule has 0 radical (unpaired) electrons. The lowest BCUT2D eigenvalue weighted by molar-refractivity contribution is -0.0510. The predicted molar refractivity (Wildman–Crippen MR) is 65.1 cm³/mol. The van der Waals surface area contributed by atoms with Crippen molar-refractivity contribution in [3.63, 3.8) is 0 Å². The molecule has 0 aromatic heterocycles. The fraction of sp³-hybridized carbons (Fsp3) is 0.818. The van der Waals surface area contributed by atoms with Crippen LogP contribution in [0.4, 0.5) is 13.2 Å². The maximum atomic E-state index is 10.7. The smallest absolute Gasteiger partial charge is 0.513 e. The Hall–Kier alpha value is -0.760. The zero-order valence-electron chi connectivity index (χ0n) is 11.0. The molecule has 114 valence electrons. The van der Waals surface area contributed by atoms with Gasteiger partial charge in [-0.2, -0.15) is 21.6 Å². The van der Waals surface area contributed by atoms with Crippen molar-refractivity contribution in [1.82, 2.24) is 0 Å². The van der Waals surface area contributed by atoms with Crippen molar-refractivity contribution in [2.75, 3.05) is 0 Å². The van der Waals surface area contributed by atoms with E-state index in [0.29, 0.717) is 11.2 Å². The summed E-state index contributed by atoms with van der Waals surface area (Å²) in [6.07, 6.45) is 5.04. The number of hydrogen-bond acceptors (Lipinski definition) is 3. The van der Waals surface area contributed by atoms with Gasteiger partial charge in [0.15, 0.2) is 0 Å². The van der Waals surface area contributed by atoms with E-state index < -0.39 is 15.6 Å². The van der Waals surface area contributed by atoms with Crippen LogP contribution < -0.4 is 0 Å². The zero-order valence-corrected chi connectivity index (χ0v) is 11.8. The van der Waals surface area contributed by atoms with Gasteiger partial charge in [0.05, 0.1) is 5.76 Å². The van der Waals surface area contributed by atoms with Gasteiger partial charge in [0.1, 0.15) is 0 Å². The zero-order chi connectivity index (χ0) is 15.5. The number of allylic oxidation sites excluding steroid dienone is 2. The van der Waals surface area contributed by atoms with E-state index in [0.717, 1.165) is 25.2 Å². The largest absolute Gasteiger partial charge is 0.522 e. The Morgan fingerprint density at radius 2 is 1.68 bits per heavy atom. The Morgan fingerprint density at radius 3 is 1.89 bits per heavy atom. The summed E-state index contributed by atoms with van der Waals surface area (Å²) in [7, 11) is -5.84. The molecule has 2 N–H and O–H groups in total. The van der Waals surface area contributed by atoms with E-state index in [9.17, 15) is 13.2 Å². The van der Waals surface area contributed by atoms with Crippen LogP contribution in [-0.2, 0) is 10.1 Å². The van der Waals surface area contributed by atoms with Crippen LogP contribution in [0.1, 0.15) is 40.0 Å². The summed E-state index contributed by atoms with van der Waals surface area (Å²) < 4.78 is 57.5. The Kier molecular flexibility index (Phi) is 5.88. The highest BCUT2D eigenvalue weighted by Gasteiger charge is 2.44. The maximum Gasteiger partial charge on any atom is 0.522 e. The summed E-state index contributed by atoms with van der Waals surface area (Å²) in [5.74, 6) is 1.34. The van der Waals surface area contributed by atoms with Crippen molar-refractivity contribution >= 4 is 10.1 Å². The van der Waals surface area contributed by atoms with Gasteiger partial charge in [-0.3, -0.25) is 4.55 Å². The van der Waals surface area contributed by atoms with Crippen molar-refractivity contribution in [2.45, 2.75) is 45.5 Å². The van der Waals surface area contributed by atoms with E-state index in [-0.39, 0.29) is 0 Å². The van der Waals surface area contributed by atoms with Gasteiger partial charge in [-0.1, -0.05) is 20.8 Å². The number of hydrogen-bond donors (Lipinski definition) is 2. The van der Waals surface area contributed by atoms with Crippen LogP contribution in [0, 0.1) is 11.3 Å². The molecule has 1 aliphatic carbocycles. The fourth-order valence-corrected chi connectivity index (χ4v) is 1.61. The van der Waals surface area contributed by atoms with E-state index >= 15 is 0 Å². The number of aliphatic hydroxyl groups is 1. The van der Waals surface area contributed by atoms with E-state index in [1.54, 1.807) is 0 Å². The summed E-state index contributed by atoms with van der Waals surface area (Å²) in [5, 5.41) is 9.15. The average molecular weight is 304 g/mol. The van der Waals surface area contributed by atoms with Crippen LogP contribution >= 0.6 is 0 Å². The molecule has 1 aliphatic rings. The highest BCUT2D eigenvalue weighted by Crippen LogP contribution is 2.36. The molecule has 0 saturated carbocycles. The molecular formula is C11H19F3O4S. The summed E-state index contributed by atoms with van der Waals surface area (Å²) >= 11 is 0. The van der Waals surface area contributed by atoms with Crippen molar-refractivity contribution < 1.29 is 31.2 Å². The van der Waals surface area contributed by atoms with Crippen LogP contribution in [-0.4, -0.2) is 23.6 Å². The molecule has 8 heteroatoms. The first kappa shape index (κ1) is 18.2. The number of halogens is 3. The van der Waals surface area contributed by atoms with Crippen molar-refractivity contribution in [3.8, 4) is 0 Å². The second-order valence-electron chi connectivity index (χ2n) is 5.45. The molecule has 1 unspecified atom stereocenters. The average Bonchev–Trinajstić information content (AvgIpc) is 2.14. The van der Waals surface area contributed by atoms with Gasteiger partial charge in [0.2, 0.25) is 0 Å². The minimum atomic E-state index is -5.84. The Labute approximate surface area is 111 Å². The van der Waals surface area contributed by atoms with Gasteiger partial charge < -0.3 is 5.11 Å². The van der Waals surface area contributed by atoms with E-state index in [1.807, 2.05) is 6.08 Å².